The second kappa shape index (κ2) is 9.85. The van der Waals surface area contributed by atoms with Gasteiger partial charge in [0.05, 0.1) is 5.54 Å². The maximum atomic E-state index is 12.7. The van der Waals surface area contributed by atoms with Gasteiger partial charge < -0.3 is 24.1 Å². The van der Waals surface area contributed by atoms with Crippen LogP contribution in [0.4, 0.5) is 0 Å². The quantitative estimate of drug-likeness (QED) is 0.285. The smallest absolute Gasteiger partial charge is 0.309 e. The van der Waals surface area contributed by atoms with Gasteiger partial charge in [-0.1, -0.05) is 19.6 Å². The largest absolute Gasteiger partial charge is 0.450 e. The second-order valence-electron chi connectivity index (χ2n) is 6.70. The molecule has 1 atom stereocenters. The summed E-state index contributed by atoms with van der Waals surface area (Å²) in [5.74, 6) is -1.73. The van der Waals surface area contributed by atoms with Crippen molar-refractivity contribution in [1.29, 1.82) is 0 Å². The van der Waals surface area contributed by atoms with Gasteiger partial charge >= 0.3 is 17.8 Å². The van der Waals surface area contributed by atoms with E-state index < -0.39 is 29.6 Å². The Morgan fingerprint density at radius 3 is 2.41 bits per heavy atom. The van der Waals surface area contributed by atoms with Gasteiger partial charge in [0.2, 0.25) is 12.2 Å². The monoisotopic (exact) mass is 408 g/mol. The Morgan fingerprint density at radius 2 is 1.93 bits per heavy atom. The average Bonchev–Trinajstić information content (AvgIpc) is 3.07. The van der Waals surface area contributed by atoms with Gasteiger partial charge in [-0.25, -0.2) is 0 Å². The Morgan fingerprint density at radius 1 is 1.31 bits per heavy atom. The first-order valence-electron chi connectivity index (χ1n) is 9.05. The van der Waals surface area contributed by atoms with Crippen molar-refractivity contribution < 1.29 is 28.3 Å². The second-order valence-corrected chi connectivity index (χ2v) is 6.70. The lowest BCUT2D eigenvalue weighted by atomic mass is 9.98. The van der Waals surface area contributed by atoms with Crippen LogP contribution < -0.4 is 5.32 Å². The molecule has 0 saturated heterocycles. The topological polar surface area (TPSA) is 124 Å². The zero-order chi connectivity index (χ0) is 22.4. The molecule has 0 radical (unpaired) electrons. The van der Waals surface area contributed by atoms with Crippen molar-refractivity contribution in [2.45, 2.75) is 59.8 Å². The molecule has 160 valence electrons. The molecule has 1 aromatic rings. The van der Waals surface area contributed by atoms with E-state index in [2.05, 4.69) is 22.1 Å². The highest BCUT2D eigenvalue weighted by molar-refractivity contribution is 5.93. The molecule has 0 aliphatic carbocycles. The van der Waals surface area contributed by atoms with Gasteiger partial charge in [0.1, 0.15) is 0 Å². The summed E-state index contributed by atoms with van der Waals surface area (Å²) in [6.45, 7) is 13.5. The highest BCUT2D eigenvalue weighted by Crippen LogP contribution is 2.22. The lowest BCUT2D eigenvalue weighted by Crippen LogP contribution is -2.50. The number of rotatable bonds is 9. The number of amides is 2. The average molecular weight is 408 g/mol. The normalized spacial score (nSPS) is 12.7. The molecular weight excluding hydrogens is 380 g/mol. The predicted octanol–water partition coefficient (Wildman–Crippen LogP) is 2.08. The Bertz CT molecular complexity index is 811. The number of carbonyl (C=O) groups is 3. The number of likely N-dealkylation sites (N-methyl/N-ethyl adjacent to an activating group) is 1. The van der Waals surface area contributed by atoms with Crippen LogP contribution in [0.25, 0.3) is 0 Å². The standard InChI is InChI=1S/C19H28N4O6/c1-9-14(19(6,7)20-16(25)17-22-21-12(4)28-17)23(8)18(26)11(3)27-13(5)29-15(24)10-2/h9,13H,3,10H2,1-2,4-8H3,(H,20,25). The molecule has 1 heterocycles. The van der Waals surface area contributed by atoms with E-state index in [-0.39, 0.29) is 24.0 Å². The fraction of sp³-hybridized carbons (Fsp3) is 0.526. The van der Waals surface area contributed by atoms with Crippen LogP contribution in [0.1, 0.15) is 57.6 Å². The molecule has 0 aliphatic rings. The first-order chi connectivity index (χ1) is 13.4. The number of carbonyl (C=O) groups excluding carboxylic acids is 3. The Labute approximate surface area is 169 Å². The summed E-state index contributed by atoms with van der Waals surface area (Å²) in [7, 11) is 1.51. The van der Waals surface area contributed by atoms with Crippen molar-refractivity contribution in [2.75, 3.05) is 7.05 Å². The van der Waals surface area contributed by atoms with Crippen molar-refractivity contribution in [1.82, 2.24) is 20.4 Å². The third-order valence-electron chi connectivity index (χ3n) is 3.86. The number of allylic oxidation sites excluding steroid dienone is 1. The molecule has 1 N–H and O–H groups in total. The zero-order valence-corrected chi connectivity index (χ0v) is 17.9. The number of hydrogen-bond acceptors (Lipinski definition) is 8. The molecule has 29 heavy (non-hydrogen) atoms. The number of esters is 1. The molecule has 0 bridgehead atoms. The summed E-state index contributed by atoms with van der Waals surface area (Å²) in [6.07, 6.45) is 0.893. The van der Waals surface area contributed by atoms with Gasteiger partial charge in [-0.3, -0.25) is 14.4 Å². The van der Waals surface area contributed by atoms with Gasteiger partial charge in [0.25, 0.3) is 5.91 Å². The van der Waals surface area contributed by atoms with Crippen molar-refractivity contribution in [3.05, 3.63) is 35.9 Å². The minimum absolute atomic E-state index is 0.181. The number of hydrogen-bond donors (Lipinski definition) is 1. The lowest BCUT2D eigenvalue weighted by molar-refractivity contribution is -0.170. The van der Waals surface area contributed by atoms with Crippen molar-refractivity contribution in [3.8, 4) is 0 Å². The third kappa shape index (κ3) is 6.44. The summed E-state index contributed by atoms with van der Waals surface area (Å²) in [4.78, 5) is 37.7. The van der Waals surface area contributed by atoms with Crippen molar-refractivity contribution >= 4 is 17.8 Å². The molecule has 1 unspecified atom stereocenters. The van der Waals surface area contributed by atoms with Crippen LogP contribution in [0.2, 0.25) is 0 Å². The minimum Gasteiger partial charge on any atom is -0.450 e. The van der Waals surface area contributed by atoms with Gasteiger partial charge in [-0.15, -0.1) is 10.2 Å². The molecule has 1 aromatic heterocycles. The van der Waals surface area contributed by atoms with E-state index in [0.29, 0.717) is 5.70 Å². The lowest BCUT2D eigenvalue weighted by Gasteiger charge is -2.34. The van der Waals surface area contributed by atoms with Crippen LogP contribution in [0.15, 0.2) is 28.5 Å². The molecule has 0 saturated carbocycles. The van der Waals surface area contributed by atoms with Crippen LogP contribution in [-0.2, 0) is 19.1 Å². The van der Waals surface area contributed by atoms with Crippen LogP contribution in [0, 0.1) is 6.92 Å². The number of nitrogens with zero attached hydrogens (tertiary/aromatic N) is 3. The maximum Gasteiger partial charge on any atom is 0.309 e. The van der Waals surface area contributed by atoms with E-state index >= 15 is 0 Å². The molecule has 10 heteroatoms. The number of aromatic nitrogens is 2. The highest BCUT2D eigenvalue weighted by Gasteiger charge is 2.33. The number of ether oxygens (including phenoxy) is 2. The van der Waals surface area contributed by atoms with Crippen molar-refractivity contribution in [3.63, 3.8) is 0 Å². The van der Waals surface area contributed by atoms with E-state index in [0.717, 1.165) is 0 Å². The van der Waals surface area contributed by atoms with Crippen LogP contribution >= 0.6 is 0 Å². The molecule has 0 spiro atoms. The molecule has 0 aromatic carbocycles. The van der Waals surface area contributed by atoms with Crippen LogP contribution in [-0.4, -0.2) is 51.8 Å². The Hall–Kier alpha value is -3.17. The van der Waals surface area contributed by atoms with E-state index in [9.17, 15) is 14.4 Å². The SMILES string of the molecule is C=C(OC(C)OC(=O)CC)C(=O)N(C)C(=CC)C(C)(C)NC(=O)c1nnc(C)o1. The molecule has 0 fully saturated rings. The first kappa shape index (κ1) is 23.9. The summed E-state index contributed by atoms with van der Waals surface area (Å²) in [5, 5.41) is 10.1. The molecule has 2 amide bonds. The van der Waals surface area contributed by atoms with Gasteiger partial charge in [0, 0.05) is 33.0 Å². The van der Waals surface area contributed by atoms with Gasteiger partial charge in [0.15, 0.2) is 5.76 Å². The molecular formula is C19H28N4O6. The number of nitrogens with one attached hydrogen (secondary N) is 1. The molecule has 10 nitrogen and oxygen atoms in total. The van der Waals surface area contributed by atoms with Gasteiger partial charge in [-0.2, -0.15) is 0 Å². The fourth-order valence-corrected chi connectivity index (χ4v) is 2.60. The predicted molar refractivity (Wildman–Crippen MR) is 103 cm³/mol. The van der Waals surface area contributed by atoms with Crippen LogP contribution in [0.5, 0.6) is 0 Å². The summed E-state index contributed by atoms with van der Waals surface area (Å²) in [5.41, 5.74) is -0.505. The number of aryl methyl sites for hydroxylation is 1. The van der Waals surface area contributed by atoms with Crippen LogP contribution in [0.3, 0.4) is 0 Å². The van der Waals surface area contributed by atoms with E-state index in [1.807, 2.05) is 0 Å². The van der Waals surface area contributed by atoms with E-state index in [4.69, 9.17) is 13.9 Å². The van der Waals surface area contributed by atoms with E-state index in [1.54, 1.807) is 40.7 Å². The summed E-state index contributed by atoms with van der Waals surface area (Å²) < 4.78 is 15.4. The Kier molecular flexibility index (Phi) is 8.11. The maximum absolute atomic E-state index is 12.7. The highest BCUT2D eigenvalue weighted by atomic mass is 16.7. The summed E-state index contributed by atoms with van der Waals surface area (Å²) in [6, 6.07) is 0. The molecule has 0 aliphatic heterocycles. The Balaban J connectivity index is 2.86. The zero-order valence-electron chi connectivity index (χ0n) is 17.9. The first-order valence-corrected chi connectivity index (χ1v) is 9.05. The van der Waals surface area contributed by atoms with E-state index in [1.165, 1.54) is 18.9 Å². The molecule has 1 rings (SSSR count). The fourth-order valence-electron chi connectivity index (χ4n) is 2.60. The van der Waals surface area contributed by atoms with Gasteiger partial charge in [-0.05, 0) is 20.8 Å². The minimum atomic E-state index is -0.973. The third-order valence-corrected chi connectivity index (χ3v) is 3.86. The summed E-state index contributed by atoms with van der Waals surface area (Å²) >= 11 is 0. The van der Waals surface area contributed by atoms with Crippen molar-refractivity contribution in [2.24, 2.45) is 0 Å².